The zero-order chi connectivity index (χ0) is 21.6. The summed E-state index contributed by atoms with van der Waals surface area (Å²) in [5, 5.41) is 2.91. The smallest absolute Gasteiger partial charge is 0.304 e. The predicted molar refractivity (Wildman–Crippen MR) is 122 cm³/mol. The summed E-state index contributed by atoms with van der Waals surface area (Å²) in [6, 6.07) is 0. The van der Waals surface area contributed by atoms with E-state index in [4.69, 9.17) is 10.5 Å². The van der Waals surface area contributed by atoms with Crippen molar-refractivity contribution in [2.45, 2.75) is 136 Å². The summed E-state index contributed by atoms with van der Waals surface area (Å²) in [7, 11) is 0. The van der Waals surface area contributed by atoms with Gasteiger partial charge in [-0.3, -0.25) is 15.3 Å². The average Bonchev–Trinajstić information content (AvgIpc) is 2.67. The largest absolute Gasteiger partial charge is 0.447 e. The first-order chi connectivity index (χ1) is 14.1. The van der Waals surface area contributed by atoms with E-state index < -0.39 is 6.23 Å². The zero-order valence-corrected chi connectivity index (χ0v) is 19.3. The molecule has 0 aliphatic carbocycles. The summed E-state index contributed by atoms with van der Waals surface area (Å²) in [5.41, 5.74) is 5.63. The molecule has 0 saturated heterocycles. The molecule has 0 saturated carbocycles. The van der Waals surface area contributed by atoms with Gasteiger partial charge in [0.2, 0.25) is 5.91 Å². The minimum Gasteiger partial charge on any atom is -0.447 e. The number of unbranched alkanes of at least 4 members (excludes halogenated alkanes) is 14. The molecule has 1 amide bonds. The maximum absolute atomic E-state index is 11.8. The van der Waals surface area contributed by atoms with E-state index in [1.807, 2.05) is 0 Å². The molecule has 3 N–H and O–H groups in total. The van der Waals surface area contributed by atoms with Crippen LogP contribution in [0.4, 0.5) is 0 Å². The summed E-state index contributed by atoms with van der Waals surface area (Å²) in [5.74, 6) is -0.254. The van der Waals surface area contributed by atoms with Gasteiger partial charge >= 0.3 is 5.97 Å². The number of nitrogens with two attached hydrogens (primary N) is 1. The van der Waals surface area contributed by atoms with Gasteiger partial charge in [0.25, 0.3) is 0 Å². The Hall–Kier alpha value is -1.10. The highest BCUT2D eigenvalue weighted by Crippen LogP contribution is 2.13. The highest BCUT2D eigenvalue weighted by atomic mass is 16.5. The third kappa shape index (κ3) is 23.0. The first-order valence-electron chi connectivity index (χ1n) is 12.3. The van der Waals surface area contributed by atoms with Gasteiger partial charge in [-0.1, -0.05) is 96.8 Å². The van der Waals surface area contributed by atoms with Crippen LogP contribution < -0.4 is 11.1 Å². The van der Waals surface area contributed by atoms with Crippen LogP contribution in [0.5, 0.6) is 0 Å². The van der Waals surface area contributed by atoms with Crippen LogP contribution in [0.1, 0.15) is 129 Å². The lowest BCUT2D eigenvalue weighted by atomic mass is 10.0. The lowest BCUT2D eigenvalue weighted by molar-refractivity contribution is -0.146. The number of amides is 1. The topological polar surface area (TPSA) is 81.4 Å². The molecule has 0 fully saturated rings. The highest BCUT2D eigenvalue weighted by molar-refractivity contribution is 5.75. The quantitative estimate of drug-likeness (QED) is 0.138. The molecule has 0 heterocycles. The van der Waals surface area contributed by atoms with E-state index in [1.54, 1.807) is 0 Å². The molecule has 0 aromatic rings. The van der Waals surface area contributed by atoms with Gasteiger partial charge in [0.05, 0.1) is 0 Å². The minimum absolute atomic E-state index is 0.112. The van der Waals surface area contributed by atoms with Crippen LogP contribution >= 0.6 is 0 Å². The molecule has 0 spiro atoms. The second-order valence-electron chi connectivity index (χ2n) is 8.34. The van der Waals surface area contributed by atoms with E-state index in [0.717, 1.165) is 19.3 Å². The fourth-order valence-electron chi connectivity index (χ4n) is 3.55. The molecule has 0 bridgehead atoms. The third-order valence-electron chi connectivity index (χ3n) is 5.31. The molecular weight excluding hydrogens is 364 g/mol. The molecular formula is C24H48N2O3. The highest BCUT2D eigenvalue weighted by Gasteiger charge is 2.06. The number of carbonyl (C=O) groups is 2. The van der Waals surface area contributed by atoms with Crippen LogP contribution in [-0.2, 0) is 14.3 Å². The lowest BCUT2D eigenvalue weighted by Crippen LogP contribution is -2.29. The molecule has 0 rings (SSSR count). The Morgan fingerprint density at radius 3 is 1.66 bits per heavy atom. The average molecular weight is 413 g/mol. The Morgan fingerprint density at radius 1 is 0.759 bits per heavy atom. The van der Waals surface area contributed by atoms with Crippen molar-refractivity contribution in [2.24, 2.45) is 5.73 Å². The van der Waals surface area contributed by atoms with Crippen molar-refractivity contribution in [1.29, 1.82) is 0 Å². The zero-order valence-electron chi connectivity index (χ0n) is 19.3. The van der Waals surface area contributed by atoms with E-state index >= 15 is 0 Å². The van der Waals surface area contributed by atoms with Gasteiger partial charge in [-0.2, -0.15) is 0 Å². The number of carbonyl (C=O) groups excluding carboxylic acids is 2. The fourth-order valence-corrected chi connectivity index (χ4v) is 3.55. The Bertz CT molecular complexity index is 388. The van der Waals surface area contributed by atoms with E-state index in [9.17, 15) is 9.59 Å². The summed E-state index contributed by atoms with van der Waals surface area (Å²) < 4.78 is 4.84. The SMILES string of the molecule is CCCCCCCCCCCCCCCCCC(=O)NCCCC(N)OC(C)=O. The Morgan fingerprint density at radius 2 is 1.21 bits per heavy atom. The fraction of sp³-hybridized carbons (Fsp3) is 0.917. The molecule has 1 atom stereocenters. The Kier molecular flexibility index (Phi) is 20.8. The summed E-state index contributed by atoms with van der Waals surface area (Å²) in [6.07, 6.45) is 21.3. The van der Waals surface area contributed by atoms with Crippen LogP contribution in [0.2, 0.25) is 0 Å². The van der Waals surface area contributed by atoms with Gasteiger partial charge in [-0.25, -0.2) is 0 Å². The molecule has 29 heavy (non-hydrogen) atoms. The second kappa shape index (κ2) is 21.6. The first-order valence-corrected chi connectivity index (χ1v) is 12.3. The lowest BCUT2D eigenvalue weighted by Gasteiger charge is -2.11. The van der Waals surface area contributed by atoms with Crippen molar-refractivity contribution in [1.82, 2.24) is 5.32 Å². The van der Waals surface area contributed by atoms with Crippen LogP contribution in [0.25, 0.3) is 0 Å². The normalized spacial score (nSPS) is 12.0. The number of nitrogens with one attached hydrogen (secondary N) is 1. The van der Waals surface area contributed by atoms with Crippen molar-refractivity contribution in [3.8, 4) is 0 Å². The van der Waals surface area contributed by atoms with Crippen molar-refractivity contribution < 1.29 is 14.3 Å². The number of ether oxygens (including phenoxy) is 1. The second-order valence-corrected chi connectivity index (χ2v) is 8.34. The molecule has 0 aliphatic heterocycles. The van der Waals surface area contributed by atoms with Crippen LogP contribution in [0, 0.1) is 0 Å². The van der Waals surface area contributed by atoms with Crippen LogP contribution in [0.15, 0.2) is 0 Å². The minimum atomic E-state index is -0.569. The van der Waals surface area contributed by atoms with E-state index in [2.05, 4.69) is 12.2 Å². The maximum atomic E-state index is 11.8. The molecule has 0 aromatic carbocycles. The number of rotatable bonds is 21. The molecule has 5 heteroatoms. The molecule has 0 radical (unpaired) electrons. The molecule has 0 aromatic heterocycles. The van der Waals surface area contributed by atoms with E-state index in [-0.39, 0.29) is 11.9 Å². The van der Waals surface area contributed by atoms with Crippen LogP contribution in [0.3, 0.4) is 0 Å². The number of esters is 1. The first kappa shape index (κ1) is 27.9. The standard InChI is InChI=1S/C24H48N2O3/c1-3-4-5-6-7-8-9-10-11-12-13-14-15-16-17-20-24(28)26-21-18-19-23(25)29-22(2)27/h23H,3-21,25H2,1-2H3,(H,26,28). The molecule has 0 aliphatic rings. The molecule has 1 unspecified atom stereocenters. The summed E-state index contributed by atoms with van der Waals surface area (Å²) in [4.78, 5) is 22.5. The van der Waals surface area contributed by atoms with Crippen LogP contribution in [-0.4, -0.2) is 24.6 Å². The maximum Gasteiger partial charge on any atom is 0.304 e. The van der Waals surface area contributed by atoms with Crippen molar-refractivity contribution in [2.75, 3.05) is 6.54 Å². The summed E-state index contributed by atoms with van der Waals surface area (Å²) in [6.45, 7) is 4.21. The van der Waals surface area contributed by atoms with E-state index in [0.29, 0.717) is 19.4 Å². The number of hydrogen-bond donors (Lipinski definition) is 2. The van der Waals surface area contributed by atoms with Crippen molar-refractivity contribution in [3.63, 3.8) is 0 Å². The molecule has 172 valence electrons. The predicted octanol–water partition coefficient (Wildman–Crippen LogP) is 5.99. The van der Waals surface area contributed by atoms with Crippen molar-refractivity contribution >= 4 is 11.9 Å². The summed E-state index contributed by atoms with van der Waals surface area (Å²) >= 11 is 0. The van der Waals surface area contributed by atoms with Gasteiger partial charge in [0.1, 0.15) is 0 Å². The van der Waals surface area contributed by atoms with Gasteiger partial charge in [0, 0.05) is 19.9 Å². The van der Waals surface area contributed by atoms with Gasteiger partial charge < -0.3 is 10.1 Å². The Balaban J connectivity index is 3.22. The van der Waals surface area contributed by atoms with Gasteiger partial charge in [0.15, 0.2) is 6.23 Å². The van der Waals surface area contributed by atoms with Gasteiger partial charge in [-0.15, -0.1) is 0 Å². The molecule has 5 nitrogen and oxygen atoms in total. The monoisotopic (exact) mass is 412 g/mol. The third-order valence-corrected chi connectivity index (χ3v) is 5.31. The van der Waals surface area contributed by atoms with Gasteiger partial charge in [-0.05, 0) is 19.3 Å². The Labute approximate surface area is 179 Å². The van der Waals surface area contributed by atoms with E-state index in [1.165, 1.54) is 90.4 Å². The number of hydrogen-bond acceptors (Lipinski definition) is 4. The van der Waals surface area contributed by atoms with Crippen molar-refractivity contribution in [3.05, 3.63) is 0 Å².